The Morgan fingerprint density at radius 2 is 1.80 bits per heavy atom. The van der Waals surface area contributed by atoms with Crippen molar-refractivity contribution in [3.8, 4) is 16.9 Å². The van der Waals surface area contributed by atoms with E-state index in [9.17, 15) is 13.2 Å². The van der Waals surface area contributed by atoms with Crippen LogP contribution >= 0.6 is 0 Å². The Balaban J connectivity index is 0.00000108. The average Bonchev–Trinajstić information content (AvgIpc) is 3.08. The van der Waals surface area contributed by atoms with Crippen LogP contribution in [0.5, 0.6) is 5.75 Å². The molecule has 3 N–H and O–H groups in total. The summed E-state index contributed by atoms with van der Waals surface area (Å²) in [7, 11) is 0. The third-order valence-corrected chi connectivity index (χ3v) is 5.50. The van der Waals surface area contributed by atoms with Gasteiger partial charge in [0.2, 0.25) is 0 Å². The molecule has 2 aromatic carbocycles. The van der Waals surface area contributed by atoms with Crippen molar-refractivity contribution in [3.05, 3.63) is 89.1 Å². The summed E-state index contributed by atoms with van der Waals surface area (Å²) < 4.78 is 47.0. The highest BCUT2D eigenvalue weighted by Crippen LogP contribution is 2.29. The molecule has 0 aliphatic carbocycles. The number of para-hydroxylation sites is 1. The number of alkyl halides is 2. The lowest BCUT2D eigenvalue weighted by Gasteiger charge is -2.19. The van der Waals surface area contributed by atoms with Crippen molar-refractivity contribution in [2.45, 2.75) is 39.3 Å². The summed E-state index contributed by atoms with van der Waals surface area (Å²) >= 11 is 0. The van der Waals surface area contributed by atoms with Gasteiger partial charge in [-0.1, -0.05) is 42.5 Å². The topological polar surface area (TPSA) is 89.9 Å². The normalized spacial score (nSPS) is 11.3. The predicted octanol–water partition coefficient (Wildman–Crippen LogP) is 5.54. The number of nitrogens with two attached hydrogens (primary N) is 1. The van der Waals surface area contributed by atoms with E-state index in [0.717, 1.165) is 11.3 Å². The number of rotatable bonds is 6. The Kier molecular flexibility index (Phi) is 7.81. The van der Waals surface area contributed by atoms with Crippen LogP contribution < -0.4 is 10.5 Å². The minimum Gasteiger partial charge on any atom is -0.483 e. The predicted molar refractivity (Wildman–Crippen MR) is 127 cm³/mol. The lowest BCUT2D eigenvalue weighted by Crippen LogP contribution is -2.28. The van der Waals surface area contributed by atoms with Gasteiger partial charge in [-0.15, -0.1) is 0 Å². The third kappa shape index (κ3) is 5.99. The zero-order valence-corrected chi connectivity index (χ0v) is 19.5. The molecule has 0 unspecified atom stereocenters. The van der Waals surface area contributed by atoms with Crippen LogP contribution in [0.4, 0.5) is 13.2 Å². The van der Waals surface area contributed by atoms with Gasteiger partial charge in [0.25, 0.3) is 6.47 Å². The molecule has 2 heterocycles. The molecule has 0 saturated heterocycles. The van der Waals surface area contributed by atoms with E-state index in [0.29, 0.717) is 34.5 Å². The van der Waals surface area contributed by atoms with Crippen LogP contribution in [0.2, 0.25) is 0 Å². The second-order valence-corrected chi connectivity index (χ2v) is 8.47. The molecule has 0 spiro atoms. The van der Waals surface area contributed by atoms with E-state index in [1.807, 2.05) is 45.0 Å². The molecule has 2 aromatic heterocycles. The van der Waals surface area contributed by atoms with Gasteiger partial charge in [-0.2, -0.15) is 8.78 Å². The summed E-state index contributed by atoms with van der Waals surface area (Å²) in [6.07, 6.45) is 2.00. The first-order chi connectivity index (χ1) is 16.5. The second-order valence-electron chi connectivity index (χ2n) is 8.47. The number of benzene rings is 2. The largest absolute Gasteiger partial charge is 0.483 e. The smallest absolute Gasteiger partial charge is 0.387 e. The number of halogens is 3. The Morgan fingerprint density at radius 3 is 2.40 bits per heavy atom. The highest BCUT2D eigenvalue weighted by atomic mass is 19.3. The average molecular weight is 486 g/mol. The van der Waals surface area contributed by atoms with Crippen LogP contribution in [0.1, 0.15) is 36.4 Å². The van der Waals surface area contributed by atoms with Crippen molar-refractivity contribution < 1.29 is 27.8 Å². The van der Waals surface area contributed by atoms with Gasteiger partial charge in [0.05, 0.1) is 5.69 Å². The van der Waals surface area contributed by atoms with Gasteiger partial charge in [0, 0.05) is 41.0 Å². The van der Waals surface area contributed by atoms with Crippen molar-refractivity contribution in [1.82, 2.24) is 9.38 Å². The van der Waals surface area contributed by atoms with Crippen molar-refractivity contribution in [1.29, 1.82) is 0 Å². The van der Waals surface area contributed by atoms with Crippen LogP contribution in [0.15, 0.2) is 60.8 Å². The maximum atomic E-state index is 14.9. The molecule has 6 nitrogen and oxygen atoms in total. The van der Waals surface area contributed by atoms with E-state index in [1.54, 1.807) is 28.8 Å². The van der Waals surface area contributed by atoms with Crippen LogP contribution in [-0.4, -0.2) is 27.6 Å². The van der Waals surface area contributed by atoms with Gasteiger partial charge >= 0.3 is 6.61 Å². The lowest BCUT2D eigenvalue weighted by atomic mass is 9.94. The quantitative estimate of drug-likeness (QED) is 0.350. The van der Waals surface area contributed by atoms with Crippen molar-refractivity contribution in [3.63, 3.8) is 0 Å². The van der Waals surface area contributed by atoms with Crippen LogP contribution in [0.25, 0.3) is 16.8 Å². The Bertz CT molecular complexity index is 1310. The van der Waals surface area contributed by atoms with E-state index < -0.39 is 18.0 Å². The molecule has 0 amide bonds. The standard InChI is InChI=1S/C25H24F3N3O.CH2O2/c1-15-21(12-17-6-4-5-7-22(17)32-24(27)28)31-14-19(20(26)13-23(31)30-15)16-8-10-18(11-9-16)25(2,3)29;2-1-3/h4-11,13-14,24H,12,29H2,1-3H3;1H,(H,2,3). The van der Waals surface area contributed by atoms with E-state index >= 15 is 0 Å². The zero-order valence-electron chi connectivity index (χ0n) is 19.5. The second kappa shape index (κ2) is 10.6. The van der Waals surface area contributed by atoms with Crippen molar-refractivity contribution >= 4 is 12.1 Å². The van der Waals surface area contributed by atoms with Gasteiger partial charge in [0.15, 0.2) is 0 Å². The number of pyridine rings is 1. The number of aryl methyl sites for hydroxylation is 1. The minimum absolute atomic E-state index is 0.110. The number of imidazole rings is 1. The maximum Gasteiger partial charge on any atom is 0.387 e. The maximum absolute atomic E-state index is 14.9. The molecule has 4 aromatic rings. The molecule has 0 saturated carbocycles. The summed E-state index contributed by atoms with van der Waals surface area (Å²) in [4.78, 5) is 12.8. The summed E-state index contributed by atoms with van der Waals surface area (Å²) in [5, 5.41) is 6.89. The molecule has 0 atom stereocenters. The molecule has 184 valence electrons. The Morgan fingerprint density at radius 1 is 1.17 bits per heavy atom. The van der Waals surface area contributed by atoms with Crippen LogP contribution in [0, 0.1) is 12.7 Å². The first kappa shape index (κ1) is 25.8. The molecule has 4 rings (SSSR count). The van der Waals surface area contributed by atoms with Gasteiger partial charge < -0.3 is 20.0 Å². The molecule has 0 aliphatic heterocycles. The number of ether oxygens (including phenoxy) is 1. The molecule has 35 heavy (non-hydrogen) atoms. The number of carbonyl (C=O) groups is 1. The Hall–Kier alpha value is -3.85. The molecule has 0 bridgehead atoms. The van der Waals surface area contributed by atoms with Gasteiger partial charge in [-0.05, 0) is 38.0 Å². The van der Waals surface area contributed by atoms with E-state index in [2.05, 4.69) is 9.72 Å². The van der Waals surface area contributed by atoms with Gasteiger partial charge in [-0.3, -0.25) is 4.79 Å². The summed E-state index contributed by atoms with van der Waals surface area (Å²) in [5.74, 6) is -0.283. The monoisotopic (exact) mass is 485 g/mol. The van der Waals surface area contributed by atoms with E-state index in [-0.39, 0.29) is 12.2 Å². The number of hydrogen-bond donors (Lipinski definition) is 2. The van der Waals surface area contributed by atoms with Crippen LogP contribution in [-0.2, 0) is 16.8 Å². The Labute approximate surface area is 200 Å². The lowest BCUT2D eigenvalue weighted by molar-refractivity contribution is -0.122. The van der Waals surface area contributed by atoms with E-state index in [1.165, 1.54) is 12.1 Å². The SMILES string of the molecule is Cc1nc2cc(F)c(-c3ccc(C(C)(C)N)cc3)cn2c1Cc1ccccc1OC(F)F.O=CO. The van der Waals surface area contributed by atoms with E-state index in [4.69, 9.17) is 15.6 Å². The number of hydrogen-bond acceptors (Lipinski definition) is 4. The van der Waals surface area contributed by atoms with Gasteiger partial charge in [0.1, 0.15) is 17.2 Å². The number of aromatic nitrogens is 2. The van der Waals surface area contributed by atoms with Gasteiger partial charge in [-0.25, -0.2) is 9.37 Å². The fourth-order valence-electron chi connectivity index (χ4n) is 3.78. The summed E-state index contributed by atoms with van der Waals surface area (Å²) in [5.41, 5.74) is 10.2. The molecular weight excluding hydrogens is 459 g/mol. The minimum atomic E-state index is -2.92. The molecule has 0 radical (unpaired) electrons. The summed E-state index contributed by atoms with van der Waals surface area (Å²) in [6, 6.07) is 15.5. The fourth-order valence-corrected chi connectivity index (χ4v) is 3.78. The third-order valence-electron chi connectivity index (χ3n) is 5.50. The number of nitrogens with zero attached hydrogens (tertiary/aromatic N) is 2. The first-order valence-electron chi connectivity index (χ1n) is 10.7. The highest BCUT2D eigenvalue weighted by molar-refractivity contribution is 5.66. The highest BCUT2D eigenvalue weighted by Gasteiger charge is 2.18. The van der Waals surface area contributed by atoms with Crippen molar-refractivity contribution in [2.75, 3.05) is 0 Å². The van der Waals surface area contributed by atoms with Crippen LogP contribution in [0.3, 0.4) is 0 Å². The number of fused-ring (bicyclic) bond motifs is 1. The summed E-state index contributed by atoms with van der Waals surface area (Å²) in [6.45, 7) is 2.46. The van der Waals surface area contributed by atoms with Crippen molar-refractivity contribution in [2.24, 2.45) is 5.73 Å². The number of carboxylic acid groups (broad SMARTS) is 1. The molecule has 9 heteroatoms. The molecule has 0 fully saturated rings. The fraction of sp³-hybridized carbons (Fsp3) is 0.231. The first-order valence-corrected chi connectivity index (χ1v) is 10.7. The molecular formula is C26H26F3N3O3. The molecule has 0 aliphatic rings. The zero-order chi connectivity index (χ0) is 25.8.